The topological polar surface area (TPSA) is 63.2 Å². The predicted molar refractivity (Wildman–Crippen MR) is 90.9 cm³/mol. The van der Waals surface area contributed by atoms with Gasteiger partial charge >= 0.3 is 0 Å². The summed E-state index contributed by atoms with van der Waals surface area (Å²) >= 11 is 5.17. The van der Waals surface area contributed by atoms with E-state index < -0.39 is 0 Å². The van der Waals surface area contributed by atoms with Crippen molar-refractivity contribution in [2.75, 3.05) is 20.2 Å². The second-order valence-electron chi connectivity index (χ2n) is 5.40. The molecule has 0 aliphatic rings. The number of aromatic amines is 1. The van der Waals surface area contributed by atoms with E-state index in [1.54, 1.807) is 28.6 Å². The first kappa shape index (κ1) is 18.1. The molecule has 2 aromatic rings. The summed E-state index contributed by atoms with van der Waals surface area (Å²) < 4.78 is 20.5. The van der Waals surface area contributed by atoms with Gasteiger partial charge in [0.15, 0.2) is 4.77 Å². The van der Waals surface area contributed by atoms with Crippen molar-refractivity contribution in [3.8, 4) is 5.75 Å². The van der Waals surface area contributed by atoms with Gasteiger partial charge in [-0.05, 0) is 42.9 Å². The highest BCUT2D eigenvalue weighted by Gasteiger charge is 2.13. The van der Waals surface area contributed by atoms with E-state index in [4.69, 9.17) is 17.0 Å². The molecule has 1 aromatic carbocycles. The van der Waals surface area contributed by atoms with Gasteiger partial charge in [-0.3, -0.25) is 14.5 Å². The molecule has 0 spiro atoms. The zero-order chi connectivity index (χ0) is 17.5. The van der Waals surface area contributed by atoms with Crippen LogP contribution in [-0.4, -0.2) is 45.8 Å². The van der Waals surface area contributed by atoms with E-state index in [1.165, 1.54) is 12.1 Å². The quantitative estimate of drug-likeness (QED) is 0.742. The Bertz CT molecular complexity index is 726. The van der Waals surface area contributed by atoms with Crippen LogP contribution in [-0.2, 0) is 17.8 Å². The molecule has 0 saturated heterocycles. The zero-order valence-electron chi connectivity index (χ0n) is 13.8. The van der Waals surface area contributed by atoms with Crippen LogP contribution in [0.5, 0.6) is 5.75 Å². The fourth-order valence-corrected chi connectivity index (χ4v) is 2.36. The number of halogens is 1. The number of likely N-dealkylation sites (N-methyl/N-ethyl adjacent to an activating group) is 1. The Hall–Kier alpha value is -2.22. The smallest absolute Gasteiger partial charge is 0.242 e. The van der Waals surface area contributed by atoms with Crippen LogP contribution in [0.4, 0.5) is 4.39 Å². The van der Waals surface area contributed by atoms with Crippen molar-refractivity contribution >= 4 is 18.1 Å². The lowest BCUT2D eigenvalue weighted by atomic mass is 10.3. The second-order valence-corrected chi connectivity index (χ2v) is 5.79. The molecule has 0 fully saturated rings. The summed E-state index contributed by atoms with van der Waals surface area (Å²) in [6.45, 7) is 2.94. The van der Waals surface area contributed by atoms with Gasteiger partial charge in [0.05, 0.1) is 6.54 Å². The Labute approximate surface area is 145 Å². The molecular weight excluding hydrogens is 331 g/mol. The molecule has 130 valence electrons. The lowest BCUT2D eigenvalue weighted by Gasteiger charge is -2.18. The number of nitrogens with one attached hydrogen (secondary N) is 1. The maximum atomic E-state index is 12.8. The molecule has 8 heteroatoms. The minimum atomic E-state index is -0.311. The van der Waals surface area contributed by atoms with Crippen molar-refractivity contribution in [3.05, 3.63) is 40.7 Å². The average molecular weight is 352 g/mol. The number of ether oxygens (including phenoxy) is 1. The number of rotatable bonds is 8. The van der Waals surface area contributed by atoms with Crippen molar-refractivity contribution in [2.45, 2.75) is 26.3 Å². The third-order valence-electron chi connectivity index (χ3n) is 3.54. The number of amides is 1. The molecule has 1 aromatic heterocycles. The molecule has 0 aliphatic carbocycles. The number of hydrogen-bond acceptors (Lipinski definition) is 4. The number of carbonyl (C=O) groups is 1. The van der Waals surface area contributed by atoms with E-state index in [9.17, 15) is 9.18 Å². The molecule has 24 heavy (non-hydrogen) atoms. The van der Waals surface area contributed by atoms with Crippen LogP contribution >= 0.6 is 12.2 Å². The lowest BCUT2D eigenvalue weighted by molar-refractivity contribution is -0.130. The van der Waals surface area contributed by atoms with Crippen LogP contribution in [0.25, 0.3) is 0 Å². The van der Waals surface area contributed by atoms with E-state index in [1.807, 2.05) is 6.92 Å². The number of aryl methyl sites for hydroxylation is 1. The fourth-order valence-electron chi connectivity index (χ4n) is 2.14. The first-order valence-electron chi connectivity index (χ1n) is 7.77. The Morgan fingerprint density at radius 3 is 2.79 bits per heavy atom. The van der Waals surface area contributed by atoms with Crippen molar-refractivity contribution in [1.29, 1.82) is 0 Å². The molecule has 0 bridgehead atoms. The van der Waals surface area contributed by atoms with E-state index in [-0.39, 0.29) is 18.3 Å². The van der Waals surface area contributed by atoms with Crippen LogP contribution in [0, 0.1) is 10.6 Å². The van der Waals surface area contributed by atoms with Gasteiger partial charge < -0.3 is 9.64 Å². The van der Waals surface area contributed by atoms with Gasteiger partial charge in [-0.1, -0.05) is 6.92 Å². The molecule has 1 heterocycles. The third kappa shape index (κ3) is 4.89. The molecule has 6 nitrogen and oxygen atoms in total. The maximum Gasteiger partial charge on any atom is 0.242 e. The lowest BCUT2D eigenvalue weighted by Crippen LogP contribution is -2.34. The summed E-state index contributed by atoms with van der Waals surface area (Å²) in [4.78, 5) is 13.9. The molecule has 1 amide bonds. The Balaban J connectivity index is 1.85. The molecule has 0 atom stereocenters. The standard InChI is InChI=1S/C16H21FN4O2S/c1-3-4-14-18-19-16(24)21(14)11-15(22)20(2)9-10-23-13-7-5-12(17)6-8-13/h5-8H,3-4,9-11H2,1-2H3,(H,19,24). The number of nitrogens with zero attached hydrogens (tertiary/aromatic N) is 3. The predicted octanol–water partition coefficient (Wildman–Crippen LogP) is 2.57. The summed E-state index contributed by atoms with van der Waals surface area (Å²) in [5.74, 6) is 0.966. The van der Waals surface area contributed by atoms with Crippen LogP contribution in [0.15, 0.2) is 24.3 Å². The monoisotopic (exact) mass is 352 g/mol. The normalized spacial score (nSPS) is 10.6. The van der Waals surface area contributed by atoms with E-state index in [0.717, 1.165) is 18.7 Å². The van der Waals surface area contributed by atoms with Gasteiger partial charge in [0.1, 0.15) is 30.5 Å². The van der Waals surface area contributed by atoms with E-state index >= 15 is 0 Å². The molecule has 0 aliphatic heterocycles. The maximum absolute atomic E-state index is 12.8. The highest BCUT2D eigenvalue weighted by atomic mass is 32.1. The largest absolute Gasteiger partial charge is 0.492 e. The van der Waals surface area contributed by atoms with E-state index in [0.29, 0.717) is 23.7 Å². The summed E-state index contributed by atoms with van der Waals surface area (Å²) in [7, 11) is 1.71. The van der Waals surface area contributed by atoms with Crippen molar-refractivity contribution in [1.82, 2.24) is 19.7 Å². The Kier molecular flexibility index (Phi) is 6.48. The van der Waals surface area contributed by atoms with Crippen molar-refractivity contribution in [3.63, 3.8) is 0 Å². The highest BCUT2D eigenvalue weighted by Crippen LogP contribution is 2.11. The van der Waals surface area contributed by atoms with Crippen LogP contribution in [0.2, 0.25) is 0 Å². The number of carbonyl (C=O) groups excluding carboxylic acids is 1. The number of benzene rings is 1. The Morgan fingerprint density at radius 1 is 1.42 bits per heavy atom. The number of H-pyrrole nitrogens is 1. The first-order valence-corrected chi connectivity index (χ1v) is 8.18. The summed E-state index contributed by atoms with van der Waals surface area (Å²) in [6, 6.07) is 5.78. The molecule has 2 rings (SSSR count). The fraction of sp³-hybridized carbons (Fsp3) is 0.438. The molecular formula is C16H21FN4O2S. The second kappa shape index (κ2) is 8.58. The zero-order valence-corrected chi connectivity index (χ0v) is 14.6. The van der Waals surface area contributed by atoms with Gasteiger partial charge in [-0.2, -0.15) is 5.10 Å². The third-order valence-corrected chi connectivity index (χ3v) is 3.85. The van der Waals surface area contributed by atoms with Gasteiger partial charge in [-0.15, -0.1) is 0 Å². The minimum Gasteiger partial charge on any atom is -0.492 e. The summed E-state index contributed by atoms with van der Waals surface area (Å²) in [6.07, 6.45) is 1.69. The van der Waals surface area contributed by atoms with E-state index in [2.05, 4.69) is 10.2 Å². The first-order chi connectivity index (χ1) is 11.5. The number of hydrogen-bond donors (Lipinski definition) is 1. The van der Waals surface area contributed by atoms with Crippen LogP contribution in [0.3, 0.4) is 0 Å². The van der Waals surface area contributed by atoms with Gasteiger partial charge in [0.2, 0.25) is 5.91 Å². The highest BCUT2D eigenvalue weighted by molar-refractivity contribution is 7.71. The van der Waals surface area contributed by atoms with Crippen LogP contribution in [0.1, 0.15) is 19.2 Å². The molecule has 1 N–H and O–H groups in total. The van der Waals surface area contributed by atoms with Crippen molar-refractivity contribution in [2.24, 2.45) is 0 Å². The minimum absolute atomic E-state index is 0.0763. The molecule has 0 unspecified atom stereocenters. The summed E-state index contributed by atoms with van der Waals surface area (Å²) in [5, 5.41) is 6.87. The average Bonchev–Trinajstić information content (AvgIpc) is 2.90. The summed E-state index contributed by atoms with van der Waals surface area (Å²) in [5.41, 5.74) is 0. The van der Waals surface area contributed by atoms with Gasteiger partial charge in [-0.25, -0.2) is 4.39 Å². The SMILES string of the molecule is CCCc1n[nH]c(=S)n1CC(=O)N(C)CCOc1ccc(F)cc1. The molecule has 0 radical (unpaired) electrons. The Morgan fingerprint density at radius 2 is 2.12 bits per heavy atom. The number of aromatic nitrogens is 3. The van der Waals surface area contributed by atoms with Crippen LogP contribution < -0.4 is 4.74 Å². The van der Waals surface area contributed by atoms with Gasteiger partial charge in [0.25, 0.3) is 0 Å². The van der Waals surface area contributed by atoms with Gasteiger partial charge in [0, 0.05) is 13.5 Å². The van der Waals surface area contributed by atoms with Crippen molar-refractivity contribution < 1.29 is 13.9 Å². The molecule has 0 saturated carbocycles.